The van der Waals surface area contributed by atoms with Crippen molar-refractivity contribution in [2.75, 3.05) is 11.9 Å². The first-order valence-electron chi connectivity index (χ1n) is 5.30. The lowest BCUT2D eigenvalue weighted by atomic mass is 10.1. The Morgan fingerprint density at radius 1 is 1.38 bits per heavy atom. The molecule has 1 rings (SSSR count). The molecule has 1 N–H and O–H groups in total. The number of rotatable bonds is 4. The molecule has 3 heteroatoms. The van der Waals surface area contributed by atoms with Crippen LogP contribution in [-0.4, -0.2) is 12.5 Å². The predicted octanol–water partition coefficient (Wildman–Crippen LogP) is 2.79. The van der Waals surface area contributed by atoms with Crippen LogP contribution in [0.2, 0.25) is 0 Å². The first-order valence-corrected chi connectivity index (χ1v) is 5.30. The van der Waals surface area contributed by atoms with Gasteiger partial charge in [0.15, 0.2) is 0 Å². The Balaban J connectivity index is 2.70. The second-order valence-corrected chi connectivity index (χ2v) is 3.51. The Morgan fingerprint density at radius 2 is 2.00 bits per heavy atom. The molecule has 0 radical (unpaired) electrons. The number of nitrogens with one attached hydrogen (secondary N) is 1. The van der Waals surface area contributed by atoms with Crippen LogP contribution in [0.15, 0.2) is 30.5 Å². The maximum Gasteiger partial charge on any atom is 0.251 e. The molecule has 0 saturated carbocycles. The maximum absolute atomic E-state index is 11.5. The number of benzene rings is 1. The van der Waals surface area contributed by atoms with Gasteiger partial charge in [0, 0.05) is 11.8 Å². The Labute approximate surface area is 96.1 Å². The van der Waals surface area contributed by atoms with E-state index in [1.807, 2.05) is 39.0 Å². The highest BCUT2D eigenvalue weighted by molar-refractivity contribution is 6.00. The molecule has 0 bridgehead atoms. The van der Waals surface area contributed by atoms with Crippen LogP contribution in [0.5, 0.6) is 0 Å². The van der Waals surface area contributed by atoms with Crippen LogP contribution < -0.4 is 5.32 Å². The van der Waals surface area contributed by atoms with Gasteiger partial charge in [-0.1, -0.05) is 18.2 Å². The standard InChI is InChI=1S/C13H17NO2/c1-4-16-9-8-12(15)14-13-10(2)6-5-7-11(13)3/h5-9H,4H2,1-3H3,(H,14,15)/b9-8+. The molecule has 0 atom stereocenters. The fourth-order valence-corrected chi connectivity index (χ4v) is 1.38. The van der Waals surface area contributed by atoms with Gasteiger partial charge >= 0.3 is 0 Å². The van der Waals surface area contributed by atoms with Crippen LogP contribution in [0.25, 0.3) is 0 Å². The molecule has 0 saturated heterocycles. The molecular formula is C13H17NO2. The average Bonchev–Trinajstić information content (AvgIpc) is 2.24. The van der Waals surface area contributed by atoms with Gasteiger partial charge in [-0.05, 0) is 31.9 Å². The van der Waals surface area contributed by atoms with Crippen molar-refractivity contribution in [2.45, 2.75) is 20.8 Å². The fourth-order valence-electron chi connectivity index (χ4n) is 1.38. The topological polar surface area (TPSA) is 38.3 Å². The molecule has 0 heterocycles. The second kappa shape index (κ2) is 5.95. The minimum atomic E-state index is -0.175. The molecule has 16 heavy (non-hydrogen) atoms. The van der Waals surface area contributed by atoms with Crippen molar-refractivity contribution in [3.05, 3.63) is 41.7 Å². The molecule has 0 fully saturated rings. The third kappa shape index (κ3) is 3.42. The predicted molar refractivity (Wildman–Crippen MR) is 65.3 cm³/mol. The molecule has 0 aliphatic heterocycles. The summed E-state index contributed by atoms with van der Waals surface area (Å²) in [6.07, 6.45) is 2.79. The monoisotopic (exact) mass is 219 g/mol. The summed E-state index contributed by atoms with van der Waals surface area (Å²) in [5.74, 6) is -0.175. The summed E-state index contributed by atoms with van der Waals surface area (Å²) in [5, 5.41) is 2.83. The lowest BCUT2D eigenvalue weighted by molar-refractivity contribution is -0.112. The van der Waals surface area contributed by atoms with Gasteiger partial charge in [0.25, 0.3) is 5.91 Å². The minimum absolute atomic E-state index is 0.175. The SMILES string of the molecule is CCO/C=C/C(=O)Nc1c(C)cccc1C. The van der Waals surface area contributed by atoms with E-state index in [1.165, 1.54) is 12.3 Å². The number of hydrogen-bond acceptors (Lipinski definition) is 2. The van der Waals surface area contributed by atoms with Crippen LogP contribution in [0, 0.1) is 13.8 Å². The highest BCUT2D eigenvalue weighted by atomic mass is 16.5. The number of anilines is 1. The van der Waals surface area contributed by atoms with E-state index in [0.29, 0.717) is 6.61 Å². The first kappa shape index (κ1) is 12.3. The second-order valence-electron chi connectivity index (χ2n) is 3.51. The zero-order chi connectivity index (χ0) is 12.0. The van der Waals surface area contributed by atoms with Crippen molar-refractivity contribution in [1.82, 2.24) is 0 Å². The van der Waals surface area contributed by atoms with Crippen LogP contribution >= 0.6 is 0 Å². The molecule has 0 spiro atoms. The van der Waals surface area contributed by atoms with E-state index >= 15 is 0 Å². The largest absolute Gasteiger partial charge is 0.501 e. The van der Waals surface area contributed by atoms with E-state index in [-0.39, 0.29) is 5.91 Å². The number of para-hydroxylation sites is 1. The molecule has 1 aromatic rings. The number of carbonyl (C=O) groups excluding carboxylic acids is 1. The molecule has 3 nitrogen and oxygen atoms in total. The number of carbonyl (C=O) groups is 1. The Morgan fingerprint density at radius 3 is 2.56 bits per heavy atom. The van der Waals surface area contributed by atoms with Gasteiger partial charge in [-0.3, -0.25) is 4.79 Å². The van der Waals surface area contributed by atoms with Gasteiger partial charge in [-0.25, -0.2) is 0 Å². The zero-order valence-corrected chi connectivity index (χ0v) is 9.91. The summed E-state index contributed by atoms with van der Waals surface area (Å²) < 4.78 is 4.96. The van der Waals surface area contributed by atoms with Crippen LogP contribution in [0.3, 0.4) is 0 Å². The van der Waals surface area contributed by atoms with Crippen molar-refractivity contribution in [1.29, 1.82) is 0 Å². The molecule has 0 unspecified atom stereocenters. The summed E-state index contributed by atoms with van der Waals surface area (Å²) >= 11 is 0. The summed E-state index contributed by atoms with van der Waals surface area (Å²) in [6, 6.07) is 5.90. The first-order chi connectivity index (χ1) is 7.65. The van der Waals surface area contributed by atoms with Crippen LogP contribution in [-0.2, 0) is 9.53 Å². The van der Waals surface area contributed by atoms with Crippen molar-refractivity contribution >= 4 is 11.6 Å². The normalized spacial score (nSPS) is 10.4. The zero-order valence-electron chi connectivity index (χ0n) is 9.91. The molecule has 0 aromatic heterocycles. The van der Waals surface area contributed by atoms with Crippen molar-refractivity contribution in [3.63, 3.8) is 0 Å². The van der Waals surface area contributed by atoms with Crippen molar-refractivity contribution < 1.29 is 9.53 Å². The average molecular weight is 219 g/mol. The van der Waals surface area contributed by atoms with Crippen molar-refractivity contribution in [2.24, 2.45) is 0 Å². The fraction of sp³-hybridized carbons (Fsp3) is 0.308. The summed E-state index contributed by atoms with van der Waals surface area (Å²) in [4.78, 5) is 11.5. The number of hydrogen-bond donors (Lipinski definition) is 1. The van der Waals surface area contributed by atoms with E-state index in [1.54, 1.807) is 0 Å². The van der Waals surface area contributed by atoms with Gasteiger partial charge in [0.2, 0.25) is 0 Å². The van der Waals surface area contributed by atoms with E-state index in [0.717, 1.165) is 16.8 Å². The van der Waals surface area contributed by atoms with Crippen molar-refractivity contribution in [3.8, 4) is 0 Å². The maximum atomic E-state index is 11.5. The lowest BCUT2D eigenvalue weighted by Crippen LogP contribution is -2.10. The van der Waals surface area contributed by atoms with Gasteiger partial charge in [-0.15, -0.1) is 0 Å². The molecule has 86 valence electrons. The molecule has 1 aromatic carbocycles. The smallest absolute Gasteiger partial charge is 0.251 e. The third-order valence-corrected chi connectivity index (χ3v) is 2.21. The van der Waals surface area contributed by atoms with Crippen LogP contribution in [0.4, 0.5) is 5.69 Å². The number of aryl methyl sites for hydroxylation is 2. The van der Waals surface area contributed by atoms with Gasteiger partial charge in [-0.2, -0.15) is 0 Å². The number of amides is 1. The quantitative estimate of drug-likeness (QED) is 0.624. The van der Waals surface area contributed by atoms with Crippen LogP contribution in [0.1, 0.15) is 18.1 Å². The van der Waals surface area contributed by atoms with E-state index in [2.05, 4.69) is 5.32 Å². The minimum Gasteiger partial charge on any atom is -0.501 e. The highest BCUT2D eigenvalue weighted by Gasteiger charge is 2.03. The summed E-state index contributed by atoms with van der Waals surface area (Å²) in [7, 11) is 0. The molecule has 1 amide bonds. The summed E-state index contributed by atoms with van der Waals surface area (Å²) in [6.45, 7) is 6.37. The van der Waals surface area contributed by atoms with E-state index in [9.17, 15) is 4.79 Å². The summed E-state index contributed by atoms with van der Waals surface area (Å²) in [5.41, 5.74) is 2.98. The Bertz CT molecular complexity index is 377. The molecule has 0 aliphatic carbocycles. The van der Waals surface area contributed by atoms with E-state index in [4.69, 9.17) is 4.74 Å². The van der Waals surface area contributed by atoms with Gasteiger partial charge in [0.1, 0.15) is 0 Å². The Kier molecular flexibility index (Phi) is 4.58. The van der Waals surface area contributed by atoms with E-state index < -0.39 is 0 Å². The third-order valence-electron chi connectivity index (χ3n) is 2.21. The van der Waals surface area contributed by atoms with Gasteiger partial charge < -0.3 is 10.1 Å². The molecule has 0 aliphatic rings. The molecular weight excluding hydrogens is 202 g/mol. The highest BCUT2D eigenvalue weighted by Crippen LogP contribution is 2.19. The lowest BCUT2D eigenvalue weighted by Gasteiger charge is -2.09. The van der Waals surface area contributed by atoms with Gasteiger partial charge in [0.05, 0.1) is 12.9 Å². The number of ether oxygens (including phenoxy) is 1. The Hall–Kier alpha value is -1.77.